The minimum atomic E-state index is -3.26. The molecule has 0 fully saturated rings. The highest BCUT2D eigenvalue weighted by atomic mass is 35.5. The first-order valence-corrected chi connectivity index (χ1v) is 51.0. The summed E-state index contributed by atoms with van der Waals surface area (Å²) in [6, 6.07) is 34.5. The van der Waals surface area contributed by atoms with E-state index in [1.54, 1.807) is 156 Å². The van der Waals surface area contributed by atoms with E-state index in [-0.39, 0.29) is 77.0 Å². The number of ether oxygens (including phenoxy) is 2. The first kappa shape index (κ1) is 116. The average Bonchev–Trinajstić information content (AvgIpc) is 0.975. The second-order valence-electron chi connectivity index (χ2n) is 34.3. The highest BCUT2D eigenvalue weighted by molar-refractivity contribution is 8.01. The number of aromatic nitrogens is 3. The van der Waals surface area contributed by atoms with Crippen LogP contribution in [0.4, 0.5) is 0 Å². The molecule has 0 atom stereocenters. The number of carbonyl (C=O) groups is 5. The molecule has 686 valence electrons. The number of ketones is 5. The predicted octanol–water partition coefficient (Wildman–Crippen LogP) is 23.8. The van der Waals surface area contributed by atoms with Crippen LogP contribution in [-0.2, 0) is 66.7 Å². The molecule has 0 aliphatic carbocycles. The Morgan fingerprint density at radius 2 is 0.548 bits per heavy atom. The van der Waals surface area contributed by atoms with Gasteiger partial charge in [0, 0.05) is 112 Å². The molecule has 0 saturated heterocycles. The summed E-state index contributed by atoms with van der Waals surface area (Å²) in [5, 5.41) is 8.69. The maximum atomic E-state index is 12.5. The fourth-order valence-corrected chi connectivity index (χ4v) is 14.1. The van der Waals surface area contributed by atoms with E-state index >= 15 is 0 Å². The number of carbonyl (C=O) groups excluding carboxylic acids is 5. The molecule has 0 N–H and O–H groups in total. The number of hydrogen-bond donors (Lipinski definition) is 0. The topological polar surface area (TPSA) is 316 Å². The van der Waals surface area contributed by atoms with Crippen molar-refractivity contribution in [3.8, 4) is 0 Å². The van der Waals surface area contributed by atoms with Crippen molar-refractivity contribution >= 4 is 185 Å². The van der Waals surface area contributed by atoms with Gasteiger partial charge in [0.2, 0.25) is 11.6 Å². The minimum absolute atomic E-state index is 0.0942. The molecule has 0 aliphatic heterocycles. The van der Waals surface area contributed by atoms with Crippen molar-refractivity contribution < 1.29 is 83.8 Å². The zero-order valence-electron chi connectivity index (χ0n) is 74.4. The monoisotopic (exact) mass is 1980 g/mol. The molecule has 36 heteroatoms. The standard InChI is InChI=1S/2C17H9Cl2NO2S.C16H9Cl2NOS2.2C7H16O.4C6H14O3S/c2*18-12-5-6-14(19)13(9-12)15(21)10-1-3-11(4-2-10)16(22)17-20-7-8-23-17;17-11-3-6-14(18)13(9-11)15(20)10-1-4-12(5-2-10)22-16-19-7-8-21-16;2*1-5-8-6-7(2,3)4;4*1-6(2,3)5-9-10(4,7)8/h2*1-9H;1-9H;2*5-6H2,1-4H3;4*5H2,1-4H3. The average molecular weight is 1990 g/mol. The van der Waals surface area contributed by atoms with Gasteiger partial charge in [-0.05, 0) is 125 Å². The number of benzene rings is 6. The highest BCUT2D eigenvalue weighted by Gasteiger charge is 2.22. The summed E-state index contributed by atoms with van der Waals surface area (Å²) in [6.07, 6.45) is 9.15. The molecule has 0 bridgehead atoms. The van der Waals surface area contributed by atoms with Gasteiger partial charge in [0.1, 0.15) is 0 Å². The first-order chi connectivity index (χ1) is 56.7. The fraction of sp³-hybridized carbons (Fsp3) is 0.432. The van der Waals surface area contributed by atoms with Crippen LogP contribution in [0.1, 0.15) is 217 Å². The van der Waals surface area contributed by atoms with Gasteiger partial charge in [-0.3, -0.25) is 40.7 Å². The summed E-state index contributed by atoms with van der Waals surface area (Å²) < 4.78 is 113. The molecule has 124 heavy (non-hydrogen) atoms. The van der Waals surface area contributed by atoms with E-state index in [4.69, 9.17) is 79.1 Å². The van der Waals surface area contributed by atoms with Gasteiger partial charge in [0.15, 0.2) is 31.7 Å². The zero-order valence-corrected chi connectivity index (χ0v) is 85.4. The summed E-state index contributed by atoms with van der Waals surface area (Å²) in [4.78, 5) is 75.1. The van der Waals surface area contributed by atoms with Crippen molar-refractivity contribution in [1.82, 2.24) is 15.0 Å². The van der Waals surface area contributed by atoms with E-state index in [0.717, 1.165) is 60.7 Å². The smallest absolute Gasteiger partial charge is 0.264 e. The number of nitrogens with zero attached hydrogens (tertiary/aromatic N) is 3. The number of hydrogen-bond acceptors (Lipinski definition) is 26. The Morgan fingerprint density at radius 3 is 0.734 bits per heavy atom. The zero-order chi connectivity index (χ0) is 95.2. The Labute approximate surface area is 781 Å². The number of thiazole rings is 3. The maximum Gasteiger partial charge on any atom is 0.264 e. The van der Waals surface area contributed by atoms with Crippen molar-refractivity contribution in [2.24, 2.45) is 32.5 Å². The van der Waals surface area contributed by atoms with Crippen molar-refractivity contribution in [3.05, 3.63) is 247 Å². The van der Waals surface area contributed by atoms with Gasteiger partial charge in [-0.2, -0.15) is 33.7 Å². The molecule has 3 aromatic heterocycles. The first-order valence-electron chi connectivity index (χ1n) is 38.0. The van der Waals surface area contributed by atoms with Crippen LogP contribution < -0.4 is 0 Å². The van der Waals surface area contributed by atoms with E-state index in [2.05, 4.69) is 73.2 Å². The van der Waals surface area contributed by atoms with Gasteiger partial charge in [-0.1, -0.05) is 255 Å². The third-order valence-corrected chi connectivity index (χ3v) is 20.9. The second-order valence-corrected chi connectivity index (χ2v) is 47.4. The van der Waals surface area contributed by atoms with E-state index in [0.29, 0.717) is 95.5 Å². The molecule has 0 radical (unpaired) electrons. The summed E-state index contributed by atoms with van der Waals surface area (Å²) >= 11 is 41.6. The summed E-state index contributed by atoms with van der Waals surface area (Å²) in [5.41, 5.74) is 3.76. The van der Waals surface area contributed by atoms with Gasteiger partial charge in [-0.25, -0.2) is 15.0 Å². The van der Waals surface area contributed by atoms with Crippen LogP contribution in [0.5, 0.6) is 0 Å². The van der Waals surface area contributed by atoms with Crippen LogP contribution in [0.25, 0.3) is 0 Å². The Bertz CT molecular complexity index is 4910. The third-order valence-electron chi connectivity index (χ3n) is 13.6. The second kappa shape index (κ2) is 54.0. The molecule has 0 spiro atoms. The molecule has 3 heterocycles. The Morgan fingerprint density at radius 1 is 0.323 bits per heavy atom. The maximum absolute atomic E-state index is 12.5. The molecular weight excluding hydrogens is 1870 g/mol. The lowest BCUT2D eigenvalue weighted by Crippen LogP contribution is -2.17. The van der Waals surface area contributed by atoms with Crippen LogP contribution in [-0.4, -0.2) is 155 Å². The molecule has 22 nitrogen and oxygen atoms in total. The lowest BCUT2D eigenvalue weighted by molar-refractivity contribution is 0.0805. The van der Waals surface area contributed by atoms with E-state index in [1.165, 1.54) is 34.8 Å². The van der Waals surface area contributed by atoms with Gasteiger partial charge >= 0.3 is 0 Å². The van der Waals surface area contributed by atoms with E-state index in [1.807, 2.05) is 114 Å². The SMILES string of the molecule is CC(C)(C)COS(C)(=O)=O.CC(C)(C)COS(C)(=O)=O.CC(C)(C)COS(C)(=O)=O.CC(C)(C)COS(C)(=O)=O.CCOCC(C)(C)C.CCOCC(C)(C)C.O=C(c1ccc(C(=O)c2cc(Cl)ccc2Cl)cc1)c1nccs1.O=C(c1ccc(C(=O)c2cc(Cl)ccc2Cl)cc1)c1nccs1.O=C(c1ccc(Sc2nccs2)cc1)c1cc(Cl)ccc1Cl. The number of halogens is 6. The summed E-state index contributed by atoms with van der Waals surface area (Å²) in [6.45, 7) is 44.4. The van der Waals surface area contributed by atoms with Crippen molar-refractivity contribution in [1.29, 1.82) is 0 Å². The molecule has 0 unspecified atom stereocenters. The fourth-order valence-electron chi connectivity index (χ4n) is 7.93. The Kier molecular flexibility index (Phi) is 50.6. The van der Waals surface area contributed by atoms with Crippen molar-refractivity contribution in [3.63, 3.8) is 0 Å². The quantitative estimate of drug-likeness (QED) is 0.0401. The molecule has 0 amide bonds. The summed E-state index contributed by atoms with van der Waals surface area (Å²) in [5.74, 6) is -0.964. The van der Waals surface area contributed by atoms with Crippen LogP contribution in [0.15, 0.2) is 171 Å². The molecule has 9 aromatic rings. The summed E-state index contributed by atoms with van der Waals surface area (Å²) in [7, 11) is -13.0. The van der Waals surface area contributed by atoms with E-state index < -0.39 is 40.5 Å². The molecule has 9 rings (SSSR count). The lowest BCUT2D eigenvalue weighted by atomic mass is 9.99. The number of rotatable bonds is 24. The highest BCUT2D eigenvalue weighted by Crippen LogP contribution is 2.32. The van der Waals surface area contributed by atoms with Crippen molar-refractivity contribution in [2.75, 3.05) is 77.9 Å². The Hall–Kier alpha value is -5.79. The Balaban J connectivity index is 0.000000723. The van der Waals surface area contributed by atoms with Crippen molar-refractivity contribution in [2.45, 2.75) is 148 Å². The molecule has 0 saturated carbocycles. The molecule has 0 aliphatic rings. The van der Waals surface area contributed by atoms with Gasteiger partial charge < -0.3 is 9.47 Å². The predicted molar refractivity (Wildman–Crippen MR) is 509 cm³/mol. The van der Waals surface area contributed by atoms with Gasteiger partial charge in [0.25, 0.3) is 40.5 Å². The largest absolute Gasteiger partial charge is 0.381 e. The molecular formula is C88H115Cl6N3O19S8. The molecule has 6 aromatic carbocycles. The third kappa shape index (κ3) is 55.8. The van der Waals surface area contributed by atoms with Crippen LogP contribution in [0, 0.1) is 32.5 Å². The van der Waals surface area contributed by atoms with E-state index in [9.17, 15) is 57.6 Å². The normalized spacial score (nSPS) is 11.7. The van der Waals surface area contributed by atoms with Crippen LogP contribution in [0.2, 0.25) is 30.1 Å². The van der Waals surface area contributed by atoms with Crippen LogP contribution >= 0.6 is 115 Å². The van der Waals surface area contributed by atoms with Gasteiger partial charge in [0.05, 0.1) is 79.7 Å². The van der Waals surface area contributed by atoms with Crippen LogP contribution in [0.3, 0.4) is 0 Å². The lowest BCUT2D eigenvalue weighted by Gasteiger charge is -2.16. The minimum Gasteiger partial charge on any atom is -0.381 e. The van der Waals surface area contributed by atoms with Gasteiger partial charge in [-0.15, -0.1) is 34.0 Å².